The van der Waals surface area contributed by atoms with E-state index in [2.05, 4.69) is 15.0 Å². The summed E-state index contributed by atoms with van der Waals surface area (Å²) in [7, 11) is 0. The summed E-state index contributed by atoms with van der Waals surface area (Å²) < 4.78 is 26.0. The predicted molar refractivity (Wildman–Crippen MR) is 98.6 cm³/mol. The molecule has 0 aromatic carbocycles. The molecule has 1 aliphatic carbocycles. The molecule has 0 unspecified atom stereocenters. The van der Waals surface area contributed by atoms with Crippen LogP contribution >= 0.6 is 0 Å². The van der Waals surface area contributed by atoms with Crippen LogP contribution in [0.25, 0.3) is 17.2 Å². The van der Waals surface area contributed by atoms with Gasteiger partial charge in [0.15, 0.2) is 5.65 Å². The average Bonchev–Trinajstić information content (AvgIpc) is 3.06. The van der Waals surface area contributed by atoms with Gasteiger partial charge in [-0.05, 0) is 6.08 Å². The van der Waals surface area contributed by atoms with Crippen molar-refractivity contribution in [2.75, 3.05) is 31.1 Å². The molecule has 0 spiro atoms. The molecule has 0 radical (unpaired) electrons. The molecular formula is C18H20F2N6O2. The minimum absolute atomic E-state index is 0.184. The quantitative estimate of drug-likeness (QED) is 0.762. The highest BCUT2D eigenvalue weighted by molar-refractivity contribution is 5.93. The van der Waals surface area contributed by atoms with E-state index >= 15 is 0 Å². The highest BCUT2D eigenvalue weighted by Crippen LogP contribution is 2.43. The highest BCUT2D eigenvalue weighted by Gasteiger charge is 2.49. The lowest BCUT2D eigenvalue weighted by Gasteiger charge is -2.40. The topological polar surface area (TPSA) is 108 Å². The number of halogens is 2. The van der Waals surface area contributed by atoms with E-state index in [0.717, 1.165) is 0 Å². The smallest absolute Gasteiger partial charge is 0.249 e. The number of carbonyl (C=O) groups excluding carboxylic acids is 2. The van der Waals surface area contributed by atoms with Gasteiger partial charge in [0, 0.05) is 62.8 Å². The fourth-order valence-electron chi connectivity index (χ4n) is 3.60. The summed E-state index contributed by atoms with van der Waals surface area (Å²) in [6.45, 7) is 2.02. The second-order valence-corrected chi connectivity index (χ2v) is 7.18. The number of amides is 2. The summed E-state index contributed by atoms with van der Waals surface area (Å²) in [5.74, 6) is -3.33. The van der Waals surface area contributed by atoms with Crippen molar-refractivity contribution in [3.05, 3.63) is 24.0 Å². The van der Waals surface area contributed by atoms with Crippen molar-refractivity contribution in [1.82, 2.24) is 19.9 Å². The molecule has 2 fully saturated rings. The third-order valence-electron chi connectivity index (χ3n) is 5.18. The number of anilines is 1. The zero-order valence-electron chi connectivity index (χ0n) is 15.1. The van der Waals surface area contributed by atoms with Crippen LogP contribution in [-0.2, 0) is 9.59 Å². The van der Waals surface area contributed by atoms with Crippen molar-refractivity contribution in [3.8, 4) is 0 Å². The van der Waals surface area contributed by atoms with E-state index in [0.29, 0.717) is 48.7 Å². The molecule has 0 atom stereocenters. The largest absolute Gasteiger partial charge is 0.366 e. The van der Waals surface area contributed by atoms with Gasteiger partial charge < -0.3 is 20.5 Å². The SMILES string of the molecule is NC(=O)C=Cc1c[nH]c2ncc(N3CCN(C(=O)C4CC(F)(F)C4)CC3)nc12. The summed E-state index contributed by atoms with van der Waals surface area (Å²) >= 11 is 0. The molecule has 148 valence electrons. The van der Waals surface area contributed by atoms with Crippen molar-refractivity contribution < 1.29 is 18.4 Å². The van der Waals surface area contributed by atoms with Gasteiger partial charge in [0.1, 0.15) is 11.3 Å². The molecule has 10 heteroatoms. The number of nitrogens with one attached hydrogen (secondary N) is 1. The number of hydrogen-bond acceptors (Lipinski definition) is 5. The van der Waals surface area contributed by atoms with Crippen molar-refractivity contribution in [1.29, 1.82) is 0 Å². The monoisotopic (exact) mass is 390 g/mol. The first-order chi connectivity index (χ1) is 13.3. The summed E-state index contributed by atoms with van der Waals surface area (Å²) in [5.41, 5.74) is 7.04. The first-order valence-electron chi connectivity index (χ1n) is 9.06. The molecule has 1 aliphatic heterocycles. The number of nitrogens with zero attached hydrogens (tertiary/aromatic N) is 4. The number of carbonyl (C=O) groups is 2. The fourth-order valence-corrected chi connectivity index (χ4v) is 3.60. The molecular weight excluding hydrogens is 370 g/mol. The Labute approximate surface area is 159 Å². The molecule has 28 heavy (non-hydrogen) atoms. The molecule has 2 aromatic heterocycles. The number of hydrogen-bond donors (Lipinski definition) is 2. The van der Waals surface area contributed by atoms with Crippen LogP contribution in [0.4, 0.5) is 14.6 Å². The molecule has 4 rings (SSSR count). The second kappa shape index (κ2) is 6.84. The lowest BCUT2D eigenvalue weighted by molar-refractivity contribution is -0.160. The summed E-state index contributed by atoms with van der Waals surface area (Å²) in [6, 6.07) is 0. The maximum atomic E-state index is 13.0. The molecule has 2 amide bonds. The van der Waals surface area contributed by atoms with Crippen LogP contribution in [0.2, 0.25) is 0 Å². The fraction of sp³-hybridized carbons (Fsp3) is 0.444. The number of alkyl halides is 2. The van der Waals surface area contributed by atoms with Gasteiger partial charge in [-0.25, -0.2) is 18.7 Å². The zero-order valence-corrected chi connectivity index (χ0v) is 15.1. The Morgan fingerprint density at radius 2 is 1.96 bits per heavy atom. The standard InChI is InChI=1S/C18H20F2N6O2/c19-18(20)7-12(8-18)17(28)26-5-3-25(4-6-26)14-10-23-16-15(24-14)11(9-22-16)1-2-13(21)27/h1-2,9-10,12H,3-8H2,(H2,21,27)(H,22,23). The lowest BCUT2D eigenvalue weighted by Crippen LogP contribution is -2.53. The maximum Gasteiger partial charge on any atom is 0.249 e. The third kappa shape index (κ3) is 3.54. The predicted octanol–water partition coefficient (Wildman–Crippen LogP) is 1.15. The van der Waals surface area contributed by atoms with E-state index in [1.807, 2.05) is 4.90 Å². The zero-order chi connectivity index (χ0) is 19.9. The minimum atomic E-state index is -2.69. The van der Waals surface area contributed by atoms with Crippen molar-refractivity contribution >= 4 is 34.9 Å². The molecule has 2 aromatic rings. The minimum Gasteiger partial charge on any atom is -0.366 e. The van der Waals surface area contributed by atoms with E-state index in [1.165, 1.54) is 6.08 Å². The van der Waals surface area contributed by atoms with Crippen molar-refractivity contribution in [3.63, 3.8) is 0 Å². The highest BCUT2D eigenvalue weighted by atomic mass is 19.3. The Morgan fingerprint density at radius 3 is 2.61 bits per heavy atom. The molecule has 1 saturated heterocycles. The summed E-state index contributed by atoms with van der Waals surface area (Å²) in [5, 5.41) is 0. The lowest BCUT2D eigenvalue weighted by atomic mass is 9.80. The van der Waals surface area contributed by atoms with Crippen molar-refractivity contribution in [2.45, 2.75) is 18.8 Å². The van der Waals surface area contributed by atoms with Gasteiger partial charge in [0.05, 0.1) is 6.20 Å². The first kappa shape index (κ1) is 18.3. The molecule has 1 saturated carbocycles. The van der Waals surface area contributed by atoms with Gasteiger partial charge in [0.25, 0.3) is 0 Å². The Balaban J connectivity index is 1.43. The number of piperazine rings is 1. The van der Waals surface area contributed by atoms with Crippen molar-refractivity contribution in [2.24, 2.45) is 11.7 Å². The molecule has 8 nitrogen and oxygen atoms in total. The van der Waals surface area contributed by atoms with E-state index in [9.17, 15) is 18.4 Å². The van der Waals surface area contributed by atoms with Crippen LogP contribution in [0.15, 0.2) is 18.5 Å². The Hall–Kier alpha value is -3.04. The van der Waals surface area contributed by atoms with Gasteiger partial charge in [-0.15, -0.1) is 0 Å². The van der Waals surface area contributed by atoms with Crippen LogP contribution in [0.5, 0.6) is 0 Å². The first-order valence-corrected chi connectivity index (χ1v) is 9.06. The molecule has 3 N–H and O–H groups in total. The van der Waals surface area contributed by atoms with E-state index in [-0.39, 0.29) is 18.7 Å². The Kier molecular flexibility index (Phi) is 4.48. The van der Waals surface area contributed by atoms with E-state index in [1.54, 1.807) is 23.4 Å². The maximum absolute atomic E-state index is 13.0. The van der Waals surface area contributed by atoms with Gasteiger partial charge in [0.2, 0.25) is 17.7 Å². The number of fused-ring (bicyclic) bond motifs is 1. The summed E-state index contributed by atoms with van der Waals surface area (Å²) in [4.78, 5) is 38.9. The normalized spacial score (nSPS) is 19.9. The number of aromatic nitrogens is 3. The number of primary amides is 1. The van der Waals surface area contributed by atoms with Gasteiger partial charge in [-0.3, -0.25) is 9.59 Å². The van der Waals surface area contributed by atoms with Gasteiger partial charge >= 0.3 is 0 Å². The molecule has 3 heterocycles. The number of rotatable bonds is 4. The molecule has 2 aliphatic rings. The third-order valence-corrected chi connectivity index (χ3v) is 5.18. The average molecular weight is 390 g/mol. The number of nitrogens with two attached hydrogens (primary N) is 1. The van der Waals surface area contributed by atoms with Gasteiger partial charge in [-0.1, -0.05) is 0 Å². The van der Waals surface area contributed by atoms with Crippen LogP contribution < -0.4 is 10.6 Å². The Bertz CT molecular complexity index is 941. The van der Waals surface area contributed by atoms with E-state index < -0.39 is 17.7 Å². The number of H-pyrrole nitrogens is 1. The van der Waals surface area contributed by atoms with Crippen LogP contribution in [0, 0.1) is 5.92 Å². The van der Waals surface area contributed by atoms with Crippen LogP contribution in [0.3, 0.4) is 0 Å². The van der Waals surface area contributed by atoms with Gasteiger partial charge in [-0.2, -0.15) is 0 Å². The second-order valence-electron chi connectivity index (χ2n) is 7.18. The number of aromatic amines is 1. The Morgan fingerprint density at radius 1 is 1.25 bits per heavy atom. The van der Waals surface area contributed by atoms with Crippen LogP contribution in [0.1, 0.15) is 18.4 Å². The molecule has 0 bridgehead atoms. The summed E-state index contributed by atoms with van der Waals surface area (Å²) in [6.07, 6.45) is 5.48. The van der Waals surface area contributed by atoms with Crippen LogP contribution in [-0.4, -0.2) is 63.8 Å². The van der Waals surface area contributed by atoms with E-state index in [4.69, 9.17) is 5.73 Å².